The van der Waals surface area contributed by atoms with E-state index in [0.29, 0.717) is 24.2 Å². The van der Waals surface area contributed by atoms with E-state index in [-0.39, 0.29) is 5.92 Å². The molecule has 4 rings (SSSR count). The molecule has 1 aliphatic rings. The van der Waals surface area contributed by atoms with E-state index in [1.807, 2.05) is 61.5 Å². The number of aromatic nitrogens is 2. The molecular formula is C22H25ClN6O. The molecule has 3 aromatic rings. The Morgan fingerprint density at radius 3 is 2.50 bits per heavy atom. The highest BCUT2D eigenvalue weighted by Gasteiger charge is 2.20. The van der Waals surface area contributed by atoms with Crippen LogP contribution in [0.4, 0.5) is 5.69 Å². The number of hydrogen-bond donors (Lipinski definition) is 1. The van der Waals surface area contributed by atoms with Gasteiger partial charge in [-0.25, -0.2) is 0 Å². The highest BCUT2D eigenvalue weighted by Crippen LogP contribution is 2.21. The monoisotopic (exact) mass is 424 g/mol. The molecule has 8 heteroatoms. The predicted molar refractivity (Wildman–Crippen MR) is 120 cm³/mol. The maximum absolute atomic E-state index is 6.25. The zero-order valence-corrected chi connectivity index (χ0v) is 17.7. The maximum atomic E-state index is 6.25. The van der Waals surface area contributed by atoms with Gasteiger partial charge in [0.05, 0.1) is 12.5 Å². The second-order valence-corrected chi connectivity index (χ2v) is 7.81. The molecule has 0 spiro atoms. The van der Waals surface area contributed by atoms with E-state index in [4.69, 9.17) is 21.9 Å². The number of anilines is 1. The van der Waals surface area contributed by atoms with Gasteiger partial charge in [-0.2, -0.15) is 4.98 Å². The molecule has 1 atom stereocenters. The third-order valence-electron chi connectivity index (χ3n) is 5.22. The molecule has 0 bridgehead atoms. The van der Waals surface area contributed by atoms with Crippen LogP contribution in [0.1, 0.15) is 18.7 Å². The lowest BCUT2D eigenvalue weighted by Gasteiger charge is -2.36. The van der Waals surface area contributed by atoms with E-state index >= 15 is 0 Å². The lowest BCUT2D eigenvalue weighted by molar-refractivity contribution is 0.359. The summed E-state index contributed by atoms with van der Waals surface area (Å²) < 4.78 is 5.43. The molecule has 2 heterocycles. The Hall–Kier alpha value is -3.06. The van der Waals surface area contributed by atoms with Gasteiger partial charge in [-0.1, -0.05) is 54.0 Å². The highest BCUT2D eigenvalue weighted by molar-refractivity contribution is 6.30. The van der Waals surface area contributed by atoms with Gasteiger partial charge in [0.25, 0.3) is 0 Å². The van der Waals surface area contributed by atoms with Gasteiger partial charge in [0.1, 0.15) is 0 Å². The fourth-order valence-corrected chi connectivity index (χ4v) is 3.52. The molecule has 0 saturated carbocycles. The first-order chi connectivity index (χ1) is 14.6. The molecule has 156 valence electrons. The summed E-state index contributed by atoms with van der Waals surface area (Å²) in [4.78, 5) is 13.5. The number of halogens is 1. The molecule has 0 aliphatic carbocycles. The van der Waals surface area contributed by atoms with E-state index in [1.165, 1.54) is 5.69 Å². The van der Waals surface area contributed by atoms with Crippen LogP contribution in [-0.4, -0.2) is 53.7 Å². The van der Waals surface area contributed by atoms with Crippen molar-refractivity contribution in [2.75, 3.05) is 37.6 Å². The summed E-state index contributed by atoms with van der Waals surface area (Å²) in [6.45, 7) is 5.93. The van der Waals surface area contributed by atoms with Gasteiger partial charge in [-0.15, -0.1) is 0 Å². The zero-order valence-electron chi connectivity index (χ0n) is 16.9. The average molecular weight is 425 g/mol. The van der Waals surface area contributed by atoms with Gasteiger partial charge in [-0.05, 0) is 24.3 Å². The van der Waals surface area contributed by atoms with Crippen molar-refractivity contribution in [2.24, 2.45) is 10.7 Å². The molecular weight excluding hydrogens is 400 g/mol. The maximum Gasteiger partial charge on any atom is 0.231 e. The van der Waals surface area contributed by atoms with Gasteiger partial charge in [-0.3, -0.25) is 4.99 Å². The van der Waals surface area contributed by atoms with Crippen molar-refractivity contribution in [3.8, 4) is 11.4 Å². The SMILES string of the molecule is CC(CN=C(N)N1CCN(c2ccc(Cl)cc2)CC1)c1nc(-c2ccccc2)no1. The Balaban J connectivity index is 1.31. The summed E-state index contributed by atoms with van der Waals surface area (Å²) in [5.41, 5.74) is 8.35. The van der Waals surface area contributed by atoms with Gasteiger partial charge in [0.15, 0.2) is 5.96 Å². The Kier molecular flexibility index (Phi) is 6.18. The second-order valence-electron chi connectivity index (χ2n) is 7.37. The number of piperazine rings is 1. The minimum absolute atomic E-state index is 0.0103. The van der Waals surface area contributed by atoms with Gasteiger partial charge < -0.3 is 20.1 Å². The molecule has 1 saturated heterocycles. The Morgan fingerprint density at radius 1 is 1.10 bits per heavy atom. The second kappa shape index (κ2) is 9.17. The van der Waals surface area contributed by atoms with Crippen molar-refractivity contribution in [3.63, 3.8) is 0 Å². The number of guanidine groups is 1. The molecule has 1 aliphatic heterocycles. The van der Waals surface area contributed by atoms with Crippen LogP contribution >= 0.6 is 11.6 Å². The van der Waals surface area contributed by atoms with Crippen molar-refractivity contribution in [2.45, 2.75) is 12.8 Å². The van der Waals surface area contributed by atoms with Crippen molar-refractivity contribution in [1.29, 1.82) is 0 Å². The Labute approximate surface area is 181 Å². The third-order valence-corrected chi connectivity index (χ3v) is 5.47. The number of nitrogens with zero attached hydrogens (tertiary/aromatic N) is 5. The fourth-order valence-electron chi connectivity index (χ4n) is 3.39. The largest absolute Gasteiger partial charge is 0.370 e. The van der Waals surface area contributed by atoms with Crippen molar-refractivity contribution in [1.82, 2.24) is 15.0 Å². The average Bonchev–Trinajstić information content (AvgIpc) is 3.29. The van der Waals surface area contributed by atoms with Crippen LogP contribution in [0.2, 0.25) is 5.02 Å². The van der Waals surface area contributed by atoms with Gasteiger partial charge in [0.2, 0.25) is 11.7 Å². The van der Waals surface area contributed by atoms with Crippen LogP contribution in [0, 0.1) is 0 Å². The quantitative estimate of drug-likeness (QED) is 0.497. The van der Waals surface area contributed by atoms with Crippen molar-refractivity contribution < 1.29 is 4.52 Å². The first-order valence-electron chi connectivity index (χ1n) is 10.0. The molecule has 30 heavy (non-hydrogen) atoms. The molecule has 2 N–H and O–H groups in total. The summed E-state index contributed by atoms with van der Waals surface area (Å²) in [6, 6.07) is 17.7. The van der Waals surface area contributed by atoms with Crippen LogP contribution in [0.5, 0.6) is 0 Å². The molecule has 1 unspecified atom stereocenters. The smallest absolute Gasteiger partial charge is 0.231 e. The van der Waals surface area contributed by atoms with E-state index in [1.54, 1.807) is 0 Å². The normalized spacial score (nSPS) is 16.0. The number of hydrogen-bond acceptors (Lipinski definition) is 5. The minimum Gasteiger partial charge on any atom is -0.370 e. The molecule has 7 nitrogen and oxygen atoms in total. The molecule has 0 amide bonds. The van der Waals surface area contributed by atoms with Gasteiger partial charge >= 0.3 is 0 Å². The standard InChI is InChI=1S/C22H25ClN6O/c1-16(21-26-20(27-30-21)17-5-3-2-4-6-17)15-25-22(24)29-13-11-28(12-14-29)19-9-7-18(23)8-10-19/h2-10,16H,11-15H2,1H3,(H2,24,25). The van der Waals surface area contributed by atoms with E-state index < -0.39 is 0 Å². The van der Waals surface area contributed by atoms with Crippen LogP contribution in [0.15, 0.2) is 64.1 Å². The Morgan fingerprint density at radius 2 is 1.80 bits per heavy atom. The zero-order chi connectivity index (χ0) is 20.9. The summed E-state index contributed by atoms with van der Waals surface area (Å²) in [6.07, 6.45) is 0. The van der Waals surface area contributed by atoms with Gasteiger partial charge in [0, 0.05) is 42.5 Å². The van der Waals surface area contributed by atoms with Crippen LogP contribution in [0.3, 0.4) is 0 Å². The number of rotatable bonds is 5. The lowest BCUT2D eigenvalue weighted by Crippen LogP contribution is -2.51. The van der Waals surface area contributed by atoms with Crippen LogP contribution < -0.4 is 10.6 Å². The van der Waals surface area contributed by atoms with E-state index in [0.717, 1.165) is 36.8 Å². The number of nitrogens with two attached hydrogens (primary N) is 1. The van der Waals surface area contributed by atoms with E-state index in [9.17, 15) is 0 Å². The van der Waals surface area contributed by atoms with Crippen LogP contribution in [0.25, 0.3) is 11.4 Å². The summed E-state index contributed by atoms with van der Waals surface area (Å²) in [5.74, 6) is 1.70. The predicted octanol–water partition coefficient (Wildman–Crippen LogP) is 3.63. The van der Waals surface area contributed by atoms with Crippen molar-refractivity contribution >= 4 is 23.2 Å². The van der Waals surface area contributed by atoms with E-state index in [2.05, 4.69) is 24.9 Å². The first-order valence-corrected chi connectivity index (χ1v) is 10.4. The summed E-state index contributed by atoms with van der Waals surface area (Å²) in [7, 11) is 0. The molecule has 1 fully saturated rings. The fraction of sp³-hybridized carbons (Fsp3) is 0.318. The topological polar surface area (TPSA) is 83.8 Å². The molecule has 0 radical (unpaired) electrons. The highest BCUT2D eigenvalue weighted by atomic mass is 35.5. The van der Waals surface area contributed by atoms with Crippen LogP contribution in [-0.2, 0) is 0 Å². The summed E-state index contributed by atoms with van der Waals surface area (Å²) in [5, 5.41) is 4.83. The molecule has 1 aromatic heterocycles. The number of benzene rings is 2. The number of aliphatic imine (C=N–C) groups is 1. The third kappa shape index (κ3) is 4.74. The Bertz CT molecular complexity index is 980. The first kappa shape index (κ1) is 20.2. The summed E-state index contributed by atoms with van der Waals surface area (Å²) >= 11 is 5.98. The minimum atomic E-state index is -0.0103. The lowest BCUT2D eigenvalue weighted by atomic mass is 10.2. The van der Waals surface area contributed by atoms with Crippen molar-refractivity contribution in [3.05, 3.63) is 65.5 Å². The molecule has 2 aromatic carbocycles.